The number of amides is 1. The molecule has 0 radical (unpaired) electrons. The van der Waals surface area contributed by atoms with Crippen LogP contribution in [0.3, 0.4) is 0 Å². The molecular formula is C28H33N7O3. The lowest BCUT2D eigenvalue weighted by Crippen LogP contribution is -2.40. The maximum Gasteiger partial charge on any atom is 0.324 e. The molecule has 2 aliphatic heterocycles. The summed E-state index contributed by atoms with van der Waals surface area (Å²) in [4.78, 5) is 28.2. The number of nitrogens with zero attached hydrogens (tertiary/aromatic N) is 7. The van der Waals surface area contributed by atoms with Crippen LogP contribution in [0, 0.1) is 0 Å². The number of fused-ring (bicyclic) bond motifs is 2. The quantitative estimate of drug-likeness (QED) is 0.348. The molecule has 0 aliphatic carbocycles. The third-order valence-corrected chi connectivity index (χ3v) is 7.50. The van der Waals surface area contributed by atoms with E-state index in [1.54, 1.807) is 19.4 Å². The highest BCUT2D eigenvalue weighted by atomic mass is 16.5. The Hall–Kier alpha value is -3.79. The number of rotatable bonds is 5. The molecule has 10 nitrogen and oxygen atoms in total. The van der Waals surface area contributed by atoms with E-state index < -0.39 is 0 Å². The highest BCUT2D eigenvalue weighted by molar-refractivity contribution is 5.95. The van der Waals surface area contributed by atoms with Crippen LogP contribution >= 0.6 is 0 Å². The van der Waals surface area contributed by atoms with Gasteiger partial charge in [-0.25, -0.2) is 9.97 Å². The van der Waals surface area contributed by atoms with Crippen molar-refractivity contribution in [2.45, 2.75) is 78.1 Å². The zero-order chi connectivity index (χ0) is 26.4. The van der Waals surface area contributed by atoms with Gasteiger partial charge < -0.3 is 18.9 Å². The molecule has 1 saturated heterocycles. The number of aromatic nitrogens is 6. The molecule has 2 atom stereocenters. The summed E-state index contributed by atoms with van der Waals surface area (Å²) in [5, 5.41) is 4.54. The second-order valence-corrected chi connectivity index (χ2v) is 10.5. The minimum Gasteiger partial charge on any atom is -0.423 e. The molecule has 0 spiro atoms. The number of carbonyl (C=O) groups is 1. The van der Waals surface area contributed by atoms with Gasteiger partial charge >= 0.3 is 6.01 Å². The van der Waals surface area contributed by atoms with Crippen LogP contribution in [0.15, 0.2) is 37.1 Å². The van der Waals surface area contributed by atoms with Gasteiger partial charge in [-0.1, -0.05) is 0 Å². The second-order valence-electron chi connectivity index (χ2n) is 10.5. The molecule has 1 fully saturated rings. The van der Waals surface area contributed by atoms with Gasteiger partial charge in [0.05, 0.1) is 24.4 Å². The maximum atomic E-state index is 12.6. The molecule has 3 aromatic heterocycles. The molecule has 2 aliphatic rings. The number of imidazole rings is 1. The Morgan fingerprint density at radius 1 is 1.16 bits per heavy atom. The summed E-state index contributed by atoms with van der Waals surface area (Å²) in [6, 6.07) is 4.57. The Morgan fingerprint density at radius 2 is 2.03 bits per heavy atom. The van der Waals surface area contributed by atoms with Crippen LogP contribution in [-0.4, -0.2) is 47.9 Å². The van der Waals surface area contributed by atoms with Crippen LogP contribution in [0.5, 0.6) is 11.8 Å². The fourth-order valence-electron chi connectivity index (χ4n) is 5.51. The van der Waals surface area contributed by atoms with Crippen molar-refractivity contribution in [1.82, 2.24) is 29.3 Å². The molecule has 0 bridgehead atoms. The minimum atomic E-state index is -0.0473. The average molecular weight is 516 g/mol. The van der Waals surface area contributed by atoms with E-state index in [0.29, 0.717) is 11.4 Å². The highest BCUT2D eigenvalue weighted by Gasteiger charge is 2.31. The summed E-state index contributed by atoms with van der Waals surface area (Å²) < 4.78 is 16.3. The fraction of sp³-hybridized carbons (Fsp3) is 0.464. The van der Waals surface area contributed by atoms with Gasteiger partial charge in [0, 0.05) is 48.5 Å². The number of hydrogen-bond acceptors (Lipinski definition) is 7. The largest absolute Gasteiger partial charge is 0.423 e. The van der Waals surface area contributed by atoms with Crippen LogP contribution < -0.4 is 9.64 Å². The van der Waals surface area contributed by atoms with Gasteiger partial charge in [-0.15, -0.1) is 0 Å². The van der Waals surface area contributed by atoms with Gasteiger partial charge in [0.2, 0.25) is 5.91 Å². The number of hydrogen-bond donors (Lipinski definition) is 0. The van der Waals surface area contributed by atoms with E-state index in [4.69, 9.17) is 9.47 Å². The normalized spacial score (nSPS) is 19.7. The van der Waals surface area contributed by atoms with Crippen molar-refractivity contribution in [3.05, 3.63) is 42.6 Å². The molecule has 6 rings (SSSR count). The zero-order valence-corrected chi connectivity index (χ0v) is 22.3. The van der Waals surface area contributed by atoms with Crippen molar-refractivity contribution in [3.8, 4) is 22.9 Å². The average Bonchev–Trinajstić information content (AvgIpc) is 3.57. The smallest absolute Gasteiger partial charge is 0.324 e. The van der Waals surface area contributed by atoms with Crippen LogP contribution in [0.4, 0.5) is 5.69 Å². The lowest BCUT2D eigenvalue weighted by molar-refractivity contribution is -0.117. The van der Waals surface area contributed by atoms with Crippen molar-refractivity contribution >= 4 is 22.8 Å². The van der Waals surface area contributed by atoms with Gasteiger partial charge in [0.15, 0.2) is 5.65 Å². The minimum absolute atomic E-state index is 0.0120. The SMILES string of the molecule is CC(=O)N1c2ccc(-c3cnn(C(C)C)c3)c(Oc3ncc4c(ncn4C4CCCCO4)n3)c2CC[C@@H]1C. The maximum absolute atomic E-state index is 12.6. The first-order valence-electron chi connectivity index (χ1n) is 13.4. The van der Waals surface area contributed by atoms with Crippen LogP contribution in [0.25, 0.3) is 22.3 Å². The predicted octanol–water partition coefficient (Wildman–Crippen LogP) is 5.45. The standard InChI is InChI=1S/C28H33N7O3/c1-17(2)34-15-20(13-31-34)21-10-11-23-22(9-8-18(3)35(23)19(4)36)26(21)38-28-29-14-24-27(32-28)30-16-33(24)25-7-5-6-12-37-25/h10-11,13-18,25H,5-9,12H2,1-4H3/t18-,25?/m0/s1. The number of ether oxygens (including phenoxy) is 2. The first kappa shape index (κ1) is 24.5. The number of anilines is 1. The highest BCUT2D eigenvalue weighted by Crippen LogP contribution is 2.44. The van der Waals surface area contributed by atoms with Crippen molar-refractivity contribution in [2.75, 3.05) is 11.5 Å². The molecule has 38 heavy (non-hydrogen) atoms. The lowest BCUT2D eigenvalue weighted by Gasteiger charge is -2.35. The topological polar surface area (TPSA) is 100 Å². The van der Waals surface area contributed by atoms with Crippen LogP contribution in [0.2, 0.25) is 0 Å². The Kier molecular flexibility index (Phi) is 6.35. The summed E-state index contributed by atoms with van der Waals surface area (Å²) in [7, 11) is 0. The molecular weight excluding hydrogens is 482 g/mol. The van der Waals surface area contributed by atoms with E-state index in [2.05, 4.69) is 40.8 Å². The number of benzene rings is 1. The number of carbonyl (C=O) groups excluding carboxylic acids is 1. The Labute approximate surface area is 221 Å². The summed E-state index contributed by atoms with van der Waals surface area (Å²) >= 11 is 0. The third-order valence-electron chi connectivity index (χ3n) is 7.50. The van der Waals surface area contributed by atoms with E-state index in [9.17, 15) is 4.79 Å². The summed E-state index contributed by atoms with van der Waals surface area (Å²) in [6.07, 6.45) is 12.1. The molecule has 0 saturated carbocycles. The lowest BCUT2D eigenvalue weighted by atomic mass is 9.92. The van der Waals surface area contributed by atoms with E-state index in [0.717, 1.165) is 66.6 Å². The van der Waals surface area contributed by atoms with E-state index in [1.165, 1.54) is 0 Å². The van der Waals surface area contributed by atoms with E-state index >= 15 is 0 Å². The molecule has 10 heteroatoms. The molecule has 4 aromatic rings. The van der Waals surface area contributed by atoms with Crippen molar-refractivity contribution in [2.24, 2.45) is 0 Å². The van der Waals surface area contributed by atoms with Crippen molar-refractivity contribution < 1.29 is 14.3 Å². The van der Waals surface area contributed by atoms with E-state index in [-0.39, 0.29) is 30.2 Å². The molecule has 1 amide bonds. The molecule has 5 heterocycles. The molecule has 1 unspecified atom stereocenters. The van der Waals surface area contributed by atoms with Crippen molar-refractivity contribution in [1.29, 1.82) is 0 Å². The summed E-state index contributed by atoms with van der Waals surface area (Å²) in [5.74, 6) is 0.663. The van der Waals surface area contributed by atoms with Gasteiger partial charge in [-0.05, 0) is 65.0 Å². The van der Waals surface area contributed by atoms with E-state index in [1.807, 2.05) is 38.7 Å². The van der Waals surface area contributed by atoms with Gasteiger partial charge in [-0.2, -0.15) is 10.1 Å². The summed E-state index contributed by atoms with van der Waals surface area (Å²) in [5.41, 5.74) is 5.03. The second kappa shape index (κ2) is 9.83. The Morgan fingerprint density at radius 3 is 2.76 bits per heavy atom. The Bertz CT molecular complexity index is 1490. The molecule has 198 valence electrons. The first-order valence-corrected chi connectivity index (χ1v) is 13.4. The molecule has 0 N–H and O–H groups in total. The van der Waals surface area contributed by atoms with Gasteiger partial charge in [-0.3, -0.25) is 9.48 Å². The third kappa shape index (κ3) is 4.32. The van der Waals surface area contributed by atoms with Gasteiger partial charge in [0.25, 0.3) is 0 Å². The first-order chi connectivity index (χ1) is 18.4. The summed E-state index contributed by atoms with van der Waals surface area (Å²) in [6.45, 7) is 8.62. The Balaban J connectivity index is 1.43. The van der Waals surface area contributed by atoms with Crippen molar-refractivity contribution in [3.63, 3.8) is 0 Å². The monoisotopic (exact) mass is 515 g/mol. The van der Waals surface area contributed by atoms with Gasteiger partial charge in [0.1, 0.15) is 17.5 Å². The fourth-order valence-corrected chi connectivity index (χ4v) is 5.51. The molecule has 1 aromatic carbocycles. The predicted molar refractivity (Wildman–Crippen MR) is 143 cm³/mol. The van der Waals surface area contributed by atoms with Crippen LogP contribution in [-0.2, 0) is 16.0 Å². The van der Waals surface area contributed by atoms with Crippen LogP contribution in [0.1, 0.15) is 71.2 Å². The zero-order valence-electron chi connectivity index (χ0n) is 22.3.